The molecule has 3 rings (SSSR count). The minimum atomic E-state index is -0.370. The fraction of sp³-hybridized carbons (Fsp3) is 0.250. The molecule has 0 aliphatic rings. The maximum Gasteiger partial charge on any atom is 0.238 e. The van der Waals surface area contributed by atoms with Crippen LogP contribution in [0.25, 0.3) is 0 Å². The van der Waals surface area contributed by atoms with E-state index in [-0.39, 0.29) is 11.8 Å². The average molecular weight is 351 g/mol. The average Bonchev–Trinajstić information content (AvgIpc) is 3.09. The second-order valence-corrected chi connectivity index (χ2v) is 6.91. The number of unbranched alkanes of at least 4 members (excludes halogenated alkanes) is 1. The van der Waals surface area contributed by atoms with Gasteiger partial charge in [-0.25, -0.2) is 0 Å². The highest BCUT2D eigenvalue weighted by atomic mass is 32.1. The van der Waals surface area contributed by atoms with E-state index in [9.17, 15) is 4.79 Å². The molecular weight excluding hydrogens is 330 g/mol. The second kappa shape index (κ2) is 8.53. The molecule has 0 radical (unpaired) electrons. The number of rotatable bonds is 7. The molecule has 0 aliphatic carbocycles. The number of amides is 1. The third kappa shape index (κ3) is 4.51. The highest BCUT2D eigenvalue weighted by molar-refractivity contribution is 7.15. The van der Waals surface area contributed by atoms with Crippen LogP contribution in [0.1, 0.15) is 41.8 Å². The smallest absolute Gasteiger partial charge is 0.238 e. The topological polar surface area (TPSA) is 54.9 Å². The zero-order valence-corrected chi connectivity index (χ0v) is 15.0. The quantitative estimate of drug-likeness (QED) is 0.674. The summed E-state index contributed by atoms with van der Waals surface area (Å²) in [6.07, 6.45) is 3.11. The molecule has 1 amide bonds. The van der Waals surface area contributed by atoms with Gasteiger partial charge in [-0.2, -0.15) is 0 Å². The number of carbonyl (C=O) groups excluding carboxylic acids is 1. The van der Waals surface area contributed by atoms with Crippen LogP contribution in [0.4, 0.5) is 5.13 Å². The van der Waals surface area contributed by atoms with Gasteiger partial charge in [0.1, 0.15) is 5.01 Å². The summed E-state index contributed by atoms with van der Waals surface area (Å²) < 4.78 is 0. The molecule has 5 heteroatoms. The molecular formula is C20H21N3OS. The Morgan fingerprint density at radius 1 is 1.00 bits per heavy atom. The van der Waals surface area contributed by atoms with Crippen molar-refractivity contribution in [3.63, 3.8) is 0 Å². The molecule has 1 N–H and O–H groups in total. The SMILES string of the molecule is CCCCc1nnc(NC(=O)C(c2ccccc2)c2ccccc2)s1. The normalized spacial score (nSPS) is 10.8. The molecule has 0 fully saturated rings. The Morgan fingerprint density at radius 2 is 1.60 bits per heavy atom. The number of anilines is 1. The molecule has 0 saturated heterocycles. The van der Waals surface area contributed by atoms with Gasteiger partial charge < -0.3 is 0 Å². The van der Waals surface area contributed by atoms with Crippen molar-refractivity contribution in [1.82, 2.24) is 10.2 Å². The van der Waals surface area contributed by atoms with E-state index >= 15 is 0 Å². The Bertz CT molecular complexity index is 763. The Hall–Kier alpha value is -2.53. The molecule has 0 spiro atoms. The van der Waals surface area contributed by atoms with Crippen molar-refractivity contribution in [3.05, 3.63) is 76.8 Å². The minimum absolute atomic E-state index is 0.0874. The van der Waals surface area contributed by atoms with Gasteiger partial charge in [-0.1, -0.05) is 85.3 Å². The second-order valence-electron chi connectivity index (χ2n) is 5.85. The van der Waals surface area contributed by atoms with Crippen molar-refractivity contribution in [2.75, 3.05) is 5.32 Å². The largest absolute Gasteiger partial charge is 0.300 e. The van der Waals surface area contributed by atoms with Crippen molar-refractivity contribution in [2.24, 2.45) is 0 Å². The standard InChI is InChI=1S/C20H21N3OS/c1-2-3-14-17-22-23-20(25-17)21-19(24)18(15-10-6-4-7-11-15)16-12-8-5-9-13-16/h4-13,18H,2-3,14H2,1H3,(H,21,23,24). The van der Waals surface area contributed by atoms with E-state index in [1.165, 1.54) is 11.3 Å². The molecule has 2 aromatic carbocycles. The predicted octanol–water partition coefficient (Wildman–Crippen LogP) is 4.65. The first-order valence-electron chi connectivity index (χ1n) is 8.51. The highest BCUT2D eigenvalue weighted by Gasteiger charge is 2.23. The zero-order chi connectivity index (χ0) is 17.5. The summed E-state index contributed by atoms with van der Waals surface area (Å²) >= 11 is 1.45. The van der Waals surface area contributed by atoms with E-state index in [1.807, 2.05) is 60.7 Å². The van der Waals surface area contributed by atoms with Gasteiger partial charge in [0.25, 0.3) is 0 Å². The van der Waals surface area contributed by atoms with Gasteiger partial charge >= 0.3 is 0 Å². The van der Waals surface area contributed by atoms with Crippen LogP contribution in [-0.4, -0.2) is 16.1 Å². The Labute approximate surface area is 151 Å². The van der Waals surface area contributed by atoms with Crippen LogP contribution in [-0.2, 0) is 11.2 Å². The first kappa shape index (κ1) is 17.3. The van der Waals surface area contributed by atoms with Gasteiger partial charge in [-0.15, -0.1) is 10.2 Å². The van der Waals surface area contributed by atoms with Crippen LogP contribution in [0.5, 0.6) is 0 Å². The van der Waals surface area contributed by atoms with Crippen molar-refractivity contribution in [2.45, 2.75) is 32.1 Å². The number of hydrogen-bond acceptors (Lipinski definition) is 4. The Balaban J connectivity index is 1.81. The first-order valence-corrected chi connectivity index (χ1v) is 9.32. The van der Waals surface area contributed by atoms with Gasteiger partial charge in [0.2, 0.25) is 11.0 Å². The lowest BCUT2D eigenvalue weighted by Crippen LogP contribution is -2.22. The third-order valence-corrected chi connectivity index (χ3v) is 4.87. The fourth-order valence-electron chi connectivity index (χ4n) is 2.70. The fourth-order valence-corrected chi connectivity index (χ4v) is 3.48. The number of carbonyl (C=O) groups is 1. The zero-order valence-electron chi connectivity index (χ0n) is 14.2. The molecule has 0 unspecified atom stereocenters. The number of benzene rings is 2. The summed E-state index contributed by atoms with van der Waals surface area (Å²) in [5.41, 5.74) is 1.92. The van der Waals surface area contributed by atoms with Crippen LogP contribution in [0, 0.1) is 0 Å². The lowest BCUT2D eigenvalue weighted by atomic mass is 9.90. The van der Waals surface area contributed by atoms with E-state index in [4.69, 9.17) is 0 Å². The molecule has 128 valence electrons. The maximum absolute atomic E-state index is 13.0. The first-order chi connectivity index (χ1) is 12.3. The van der Waals surface area contributed by atoms with E-state index in [0.29, 0.717) is 5.13 Å². The maximum atomic E-state index is 13.0. The van der Waals surface area contributed by atoms with Gasteiger partial charge in [-0.05, 0) is 17.5 Å². The third-order valence-electron chi connectivity index (χ3n) is 3.97. The molecule has 0 bridgehead atoms. The molecule has 3 aromatic rings. The Kier molecular flexibility index (Phi) is 5.90. The van der Waals surface area contributed by atoms with Crippen LogP contribution in [0.15, 0.2) is 60.7 Å². The number of hydrogen-bond donors (Lipinski definition) is 1. The molecule has 25 heavy (non-hydrogen) atoms. The van der Waals surface area contributed by atoms with Gasteiger partial charge in [0.05, 0.1) is 5.92 Å². The lowest BCUT2D eigenvalue weighted by molar-refractivity contribution is -0.116. The van der Waals surface area contributed by atoms with Crippen LogP contribution in [0.3, 0.4) is 0 Å². The summed E-state index contributed by atoms with van der Waals surface area (Å²) in [5.74, 6) is -0.457. The Morgan fingerprint density at radius 3 is 2.16 bits per heavy atom. The molecule has 1 aromatic heterocycles. The molecule has 1 heterocycles. The number of nitrogens with one attached hydrogen (secondary N) is 1. The van der Waals surface area contributed by atoms with Crippen molar-refractivity contribution in [3.8, 4) is 0 Å². The van der Waals surface area contributed by atoms with Crippen LogP contribution in [0.2, 0.25) is 0 Å². The van der Waals surface area contributed by atoms with Crippen molar-refractivity contribution < 1.29 is 4.79 Å². The van der Waals surface area contributed by atoms with Crippen molar-refractivity contribution >= 4 is 22.4 Å². The predicted molar refractivity (Wildman–Crippen MR) is 102 cm³/mol. The van der Waals surface area contributed by atoms with Crippen LogP contribution >= 0.6 is 11.3 Å². The van der Waals surface area contributed by atoms with E-state index < -0.39 is 0 Å². The molecule has 0 saturated carbocycles. The van der Waals surface area contributed by atoms with E-state index in [1.54, 1.807) is 0 Å². The van der Waals surface area contributed by atoms with E-state index in [2.05, 4.69) is 22.4 Å². The van der Waals surface area contributed by atoms with Crippen LogP contribution < -0.4 is 5.32 Å². The van der Waals surface area contributed by atoms with Crippen molar-refractivity contribution in [1.29, 1.82) is 0 Å². The summed E-state index contributed by atoms with van der Waals surface area (Å²) in [4.78, 5) is 13.0. The molecule has 0 atom stereocenters. The monoisotopic (exact) mass is 351 g/mol. The van der Waals surface area contributed by atoms with Gasteiger partial charge in [-0.3, -0.25) is 10.1 Å². The summed E-state index contributed by atoms with van der Waals surface area (Å²) in [6.45, 7) is 2.15. The van der Waals surface area contributed by atoms with Gasteiger partial charge in [0.15, 0.2) is 0 Å². The molecule has 4 nitrogen and oxygen atoms in total. The number of aryl methyl sites for hydroxylation is 1. The summed E-state index contributed by atoms with van der Waals surface area (Å²) in [7, 11) is 0. The lowest BCUT2D eigenvalue weighted by Gasteiger charge is -2.16. The minimum Gasteiger partial charge on any atom is -0.300 e. The number of nitrogens with zero attached hydrogens (tertiary/aromatic N) is 2. The van der Waals surface area contributed by atoms with Gasteiger partial charge in [0, 0.05) is 6.42 Å². The number of aromatic nitrogens is 2. The molecule has 0 aliphatic heterocycles. The van der Waals surface area contributed by atoms with E-state index in [0.717, 1.165) is 35.4 Å². The summed E-state index contributed by atoms with van der Waals surface area (Å²) in [5, 5.41) is 12.8. The highest BCUT2D eigenvalue weighted by Crippen LogP contribution is 2.27. The summed E-state index contributed by atoms with van der Waals surface area (Å²) in [6, 6.07) is 19.6.